The molecule has 0 atom stereocenters. The Balaban J connectivity index is 1.64. The van der Waals surface area contributed by atoms with Crippen LogP contribution in [0.15, 0.2) is 24.3 Å². The Kier molecular flexibility index (Phi) is 4.12. The van der Waals surface area contributed by atoms with Crippen LogP contribution in [0, 0.1) is 6.92 Å². The summed E-state index contributed by atoms with van der Waals surface area (Å²) in [5, 5.41) is 17.2. The molecule has 6 nitrogen and oxygen atoms in total. The molecule has 0 unspecified atom stereocenters. The Morgan fingerprint density at radius 2 is 2.14 bits per heavy atom. The number of para-hydroxylation sites is 1. The Labute approximate surface area is 126 Å². The zero-order valence-electron chi connectivity index (χ0n) is 12.0. The molecular formula is C14H17N5OS. The van der Waals surface area contributed by atoms with Crippen molar-refractivity contribution < 1.29 is 4.74 Å². The largest absolute Gasteiger partial charge is 0.384 e. The van der Waals surface area contributed by atoms with Crippen LogP contribution >= 0.6 is 11.3 Å². The number of hydrogen-bond acceptors (Lipinski definition) is 6. The number of methoxy groups -OCH3 is 1. The SMILES string of the molecule is COCc1nnc2sc(CCNc3ccccc3C)nn12. The quantitative estimate of drug-likeness (QED) is 0.757. The van der Waals surface area contributed by atoms with Gasteiger partial charge in [-0.2, -0.15) is 9.61 Å². The second kappa shape index (κ2) is 6.19. The lowest BCUT2D eigenvalue weighted by Crippen LogP contribution is -2.06. The van der Waals surface area contributed by atoms with Crippen molar-refractivity contribution in [3.05, 3.63) is 40.7 Å². The van der Waals surface area contributed by atoms with E-state index in [1.165, 1.54) is 11.3 Å². The van der Waals surface area contributed by atoms with E-state index >= 15 is 0 Å². The molecule has 21 heavy (non-hydrogen) atoms. The Morgan fingerprint density at radius 3 is 2.95 bits per heavy atom. The lowest BCUT2D eigenvalue weighted by atomic mass is 10.2. The lowest BCUT2D eigenvalue weighted by Gasteiger charge is -2.07. The molecule has 2 heterocycles. The van der Waals surface area contributed by atoms with Crippen LogP contribution in [0.2, 0.25) is 0 Å². The van der Waals surface area contributed by atoms with E-state index in [9.17, 15) is 0 Å². The van der Waals surface area contributed by atoms with Crippen molar-refractivity contribution >= 4 is 22.0 Å². The third-order valence-electron chi connectivity index (χ3n) is 3.17. The molecule has 0 bridgehead atoms. The van der Waals surface area contributed by atoms with Gasteiger partial charge in [-0.1, -0.05) is 29.5 Å². The van der Waals surface area contributed by atoms with Crippen LogP contribution in [-0.4, -0.2) is 33.5 Å². The number of hydrogen-bond donors (Lipinski definition) is 1. The van der Waals surface area contributed by atoms with Crippen molar-refractivity contribution in [2.24, 2.45) is 0 Å². The first kappa shape index (κ1) is 14.0. The van der Waals surface area contributed by atoms with Crippen LogP contribution in [0.5, 0.6) is 0 Å². The summed E-state index contributed by atoms with van der Waals surface area (Å²) in [5.41, 5.74) is 2.42. The predicted molar refractivity (Wildman–Crippen MR) is 82.7 cm³/mol. The second-order valence-corrected chi connectivity index (χ2v) is 5.77. The second-order valence-electron chi connectivity index (χ2n) is 4.73. The molecule has 1 N–H and O–H groups in total. The summed E-state index contributed by atoms with van der Waals surface area (Å²) in [4.78, 5) is 0.813. The maximum atomic E-state index is 5.08. The molecule has 3 rings (SSSR count). The summed E-state index contributed by atoms with van der Waals surface area (Å²) >= 11 is 1.57. The fourth-order valence-corrected chi connectivity index (χ4v) is 2.94. The van der Waals surface area contributed by atoms with E-state index in [2.05, 4.69) is 39.7 Å². The summed E-state index contributed by atoms with van der Waals surface area (Å²) in [5.74, 6) is 0.738. The first-order valence-corrected chi connectivity index (χ1v) is 7.58. The van der Waals surface area contributed by atoms with E-state index in [4.69, 9.17) is 4.74 Å². The molecule has 0 aliphatic rings. The van der Waals surface area contributed by atoms with Crippen LogP contribution in [-0.2, 0) is 17.8 Å². The molecule has 0 radical (unpaired) electrons. The molecule has 110 valence electrons. The lowest BCUT2D eigenvalue weighted by molar-refractivity contribution is 0.176. The summed E-state index contributed by atoms with van der Waals surface area (Å²) in [6.45, 7) is 3.36. The fraction of sp³-hybridized carbons (Fsp3) is 0.357. The van der Waals surface area contributed by atoms with E-state index in [0.29, 0.717) is 6.61 Å². The van der Waals surface area contributed by atoms with E-state index < -0.39 is 0 Å². The van der Waals surface area contributed by atoms with Gasteiger partial charge in [-0.3, -0.25) is 0 Å². The highest BCUT2D eigenvalue weighted by molar-refractivity contribution is 7.16. The third-order valence-corrected chi connectivity index (χ3v) is 4.13. The fourth-order valence-electron chi connectivity index (χ4n) is 2.09. The molecule has 0 amide bonds. The van der Waals surface area contributed by atoms with Gasteiger partial charge in [-0.25, -0.2) is 0 Å². The average Bonchev–Trinajstić information content (AvgIpc) is 3.03. The first-order chi connectivity index (χ1) is 10.3. The number of nitrogens with one attached hydrogen (secondary N) is 1. The van der Waals surface area contributed by atoms with Crippen molar-refractivity contribution in [1.82, 2.24) is 19.8 Å². The molecule has 0 saturated heterocycles. The highest BCUT2D eigenvalue weighted by atomic mass is 32.1. The number of fused-ring (bicyclic) bond motifs is 1. The number of rotatable bonds is 6. The highest BCUT2D eigenvalue weighted by Crippen LogP contribution is 2.16. The minimum Gasteiger partial charge on any atom is -0.384 e. The van der Waals surface area contributed by atoms with Gasteiger partial charge < -0.3 is 10.1 Å². The Hall–Kier alpha value is -1.99. The normalized spacial score (nSPS) is 11.1. The van der Waals surface area contributed by atoms with E-state index in [1.54, 1.807) is 23.0 Å². The van der Waals surface area contributed by atoms with Gasteiger partial charge in [-0.05, 0) is 18.6 Å². The Bertz CT molecular complexity index is 736. The monoisotopic (exact) mass is 303 g/mol. The summed E-state index contributed by atoms with van der Waals surface area (Å²) in [6.07, 6.45) is 0.856. The zero-order chi connectivity index (χ0) is 14.7. The van der Waals surface area contributed by atoms with E-state index in [0.717, 1.165) is 28.8 Å². The molecular weight excluding hydrogens is 286 g/mol. The van der Waals surface area contributed by atoms with Crippen molar-refractivity contribution in [2.75, 3.05) is 19.0 Å². The van der Waals surface area contributed by atoms with Crippen LogP contribution < -0.4 is 5.32 Å². The topological polar surface area (TPSA) is 64.3 Å². The molecule has 7 heteroatoms. The maximum Gasteiger partial charge on any atom is 0.234 e. The Morgan fingerprint density at radius 1 is 1.29 bits per heavy atom. The molecule has 0 fully saturated rings. The third kappa shape index (κ3) is 3.03. The van der Waals surface area contributed by atoms with Crippen LogP contribution in [0.25, 0.3) is 4.96 Å². The smallest absolute Gasteiger partial charge is 0.234 e. The predicted octanol–water partition coefficient (Wildman–Crippen LogP) is 2.30. The number of aromatic nitrogens is 4. The summed E-state index contributed by atoms with van der Waals surface area (Å²) in [7, 11) is 1.64. The molecule has 0 aliphatic carbocycles. The van der Waals surface area contributed by atoms with Gasteiger partial charge in [-0.15, -0.1) is 10.2 Å². The van der Waals surface area contributed by atoms with Gasteiger partial charge in [0.25, 0.3) is 0 Å². The van der Waals surface area contributed by atoms with Gasteiger partial charge in [0, 0.05) is 25.8 Å². The van der Waals surface area contributed by atoms with Gasteiger partial charge in [0.05, 0.1) is 0 Å². The van der Waals surface area contributed by atoms with Crippen LogP contribution in [0.4, 0.5) is 5.69 Å². The van der Waals surface area contributed by atoms with Crippen LogP contribution in [0.1, 0.15) is 16.4 Å². The highest BCUT2D eigenvalue weighted by Gasteiger charge is 2.11. The van der Waals surface area contributed by atoms with Crippen molar-refractivity contribution in [2.45, 2.75) is 20.0 Å². The van der Waals surface area contributed by atoms with Crippen molar-refractivity contribution in [1.29, 1.82) is 0 Å². The molecule has 0 aliphatic heterocycles. The molecule has 1 aromatic carbocycles. The molecule has 3 aromatic rings. The van der Waals surface area contributed by atoms with E-state index in [-0.39, 0.29) is 0 Å². The zero-order valence-corrected chi connectivity index (χ0v) is 12.9. The maximum absolute atomic E-state index is 5.08. The minimum atomic E-state index is 0.422. The number of ether oxygens (including phenoxy) is 1. The standard InChI is InChI=1S/C14H17N5OS/c1-10-5-3-4-6-11(10)15-8-7-13-18-19-12(9-20-2)16-17-14(19)21-13/h3-6,15H,7-9H2,1-2H3. The van der Waals surface area contributed by atoms with Crippen molar-refractivity contribution in [3.63, 3.8) is 0 Å². The summed E-state index contributed by atoms with van der Waals surface area (Å²) < 4.78 is 6.85. The molecule has 0 saturated carbocycles. The number of anilines is 1. The average molecular weight is 303 g/mol. The summed E-state index contributed by atoms with van der Waals surface area (Å²) in [6, 6.07) is 8.27. The van der Waals surface area contributed by atoms with Gasteiger partial charge in [0.2, 0.25) is 4.96 Å². The van der Waals surface area contributed by atoms with E-state index in [1.807, 2.05) is 12.1 Å². The van der Waals surface area contributed by atoms with Gasteiger partial charge in [0.1, 0.15) is 11.6 Å². The molecule has 0 spiro atoms. The number of benzene rings is 1. The number of nitrogens with zero attached hydrogens (tertiary/aromatic N) is 4. The first-order valence-electron chi connectivity index (χ1n) is 6.76. The number of aryl methyl sites for hydroxylation is 1. The molecule has 2 aromatic heterocycles. The van der Waals surface area contributed by atoms with Gasteiger partial charge >= 0.3 is 0 Å². The minimum absolute atomic E-state index is 0.422. The van der Waals surface area contributed by atoms with Crippen LogP contribution in [0.3, 0.4) is 0 Å². The van der Waals surface area contributed by atoms with Gasteiger partial charge in [0.15, 0.2) is 5.82 Å². The van der Waals surface area contributed by atoms with Crippen molar-refractivity contribution in [3.8, 4) is 0 Å².